The van der Waals surface area contributed by atoms with E-state index in [-0.39, 0.29) is 33.7 Å². The summed E-state index contributed by atoms with van der Waals surface area (Å²) < 4.78 is 12.1. The van der Waals surface area contributed by atoms with Gasteiger partial charge in [0.25, 0.3) is 5.91 Å². The van der Waals surface area contributed by atoms with Crippen LogP contribution in [0, 0.1) is 16.7 Å². The molecule has 1 saturated carbocycles. The topological polar surface area (TPSA) is 180 Å². The fourth-order valence-electron chi connectivity index (χ4n) is 5.21. The van der Waals surface area contributed by atoms with E-state index in [4.69, 9.17) is 20.3 Å². The number of carbonyl (C=O) groups is 3. The zero-order chi connectivity index (χ0) is 33.7. The monoisotopic (exact) mass is 642 g/mol. The van der Waals surface area contributed by atoms with Crippen molar-refractivity contribution in [3.63, 3.8) is 0 Å². The van der Waals surface area contributed by atoms with E-state index in [0.717, 1.165) is 52.2 Å². The molecule has 0 atom stereocenters. The predicted molar refractivity (Wildman–Crippen MR) is 171 cm³/mol. The highest BCUT2D eigenvalue weighted by Crippen LogP contribution is 2.32. The van der Waals surface area contributed by atoms with Gasteiger partial charge >= 0.3 is 0 Å². The highest BCUT2D eigenvalue weighted by Gasteiger charge is 2.28. The second-order valence-corrected chi connectivity index (χ2v) is 11.8. The minimum atomic E-state index is -0.693. The number of piperidine rings is 1. The fourth-order valence-corrected chi connectivity index (χ4v) is 5.21. The summed E-state index contributed by atoms with van der Waals surface area (Å²) in [6, 6.07) is 17.2. The number of benzene rings is 3. The average Bonchev–Trinajstić information content (AvgIpc) is 3.89. The molecule has 0 unspecified atom stereocenters. The van der Waals surface area contributed by atoms with Crippen LogP contribution in [-0.4, -0.2) is 80.5 Å². The molecule has 1 saturated heterocycles. The zero-order valence-electron chi connectivity index (χ0n) is 26.2. The summed E-state index contributed by atoms with van der Waals surface area (Å²) in [6.45, 7) is 5.31. The van der Waals surface area contributed by atoms with Crippen LogP contribution in [0.25, 0.3) is 0 Å². The van der Waals surface area contributed by atoms with Crippen LogP contribution in [0.4, 0.5) is 0 Å². The molecule has 0 spiro atoms. The van der Waals surface area contributed by atoms with Gasteiger partial charge in [0.15, 0.2) is 11.7 Å². The number of nitrogens with zero attached hydrogens (tertiary/aromatic N) is 3. The van der Waals surface area contributed by atoms with Crippen molar-refractivity contribution in [3.05, 3.63) is 83.4 Å². The van der Waals surface area contributed by atoms with E-state index in [1.165, 1.54) is 37.1 Å². The Morgan fingerprint density at radius 1 is 0.723 bits per heavy atom. The first-order chi connectivity index (χ1) is 22.5. The van der Waals surface area contributed by atoms with Gasteiger partial charge in [0.2, 0.25) is 11.8 Å². The lowest BCUT2D eigenvalue weighted by Crippen LogP contribution is -2.45. The molecule has 3 amide bonds. The lowest BCUT2D eigenvalue weighted by atomic mass is 10.0. The summed E-state index contributed by atoms with van der Waals surface area (Å²) in [5.74, 6) is -0.239. The maximum absolute atomic E-state index is 13.5. The van der Waals surface area contributed by atoms with E-state index in [1.54, 1.807) is 42.5 Å². The van der Waals surface area contributed by atoms with E-state index in [1.807, 2.05) is 0 Å². The maximum Gasteiger partial charge on any atom is 0.251 e. The predicted octanol–water partition coefficient (Wildman–Crippen LogP) is 5.00. The summed E-state index contributed by atoms with van der Waals surface area (Å²) in [7, 11) is 0. The Bertz CT molecular complexity index is 1550. The van der Waals surface area contributed by atoms with Crippen LogP contribution < -0.4 is 14.8 Å². The number of likely N-dealkylation sites (tertiary alicyclic amines) is 1. The Balaban J connectivity index is 1.33. The molecule has 47 heavy (non-hydrogen) atoms. The van der Waals surface area contributed by atoms with Gasteiger partial charge in [-0.05, 0) is 92.3 Å². The van der Waals surface area contributed by atoms with Crippen LogP contribution in [0.1, 0.15) is 61.0 Å². The van der Waals surface area contributed by atoms with Crippen molar-refractivity contribution in [2.75, 3.05) is 19.6 Å². The SMILES string of the molecule is CC(=O)N(O)C(=N)c1ccc(Oc2cc(Oc3ccc(C(=N)N(O)C(C)=O)cc3)cc(C(=O)NC3CCN(CC4CC4)CC3)c2)cc1. The molecule has 1 aliphatic carbocycles. The van der Waals surface area contributed by atoms with Crippen molar-refractivity contribution in [3.8, 4) is 23.0 Å². The molecule has 1 aliphatic heterocycles. The molecule has 2 aliphatic rings. The molecular weight excluding hydrogens is 604 g/mol. The van der Waals surface area contributed by atoms with Crippen molar-refractivity contribution in [1.82, 2.24) is 20.3 Å². The van der Waals surface area contributed by atoms with Gasteiger partial charge in [-0.15, -0.1) is 0 Å². The first-order valence-electron chi connectivity index (χ1n) is 15.4. The zero-order valence-corrected chi connectivity index (χ0v) is 26.2. The van der Waals surface area contributed by atoms with E-state index in [9.17, 15) is 24.8 Å². The molecular formula is C34H38N6O7. The number of hydrogen-bond acceptors (Lipinski definition) is 10. The first kappa shape index (κ1) is 33.3. The van der Waals surface area contributed by atoms with Crippen LogP contribution in [0.15, 0.2) is 66.7 Å². The summed E-state index contributed by atoms with van der Waals surface area (Å²) in [5.41, 5.74) is 0.906. The standard InChI is InChI=1S/C34H38N6O7/c1-21(41)39(44)32(35)24-5-9-28(10-6-24)46-30-17-26(34(43)37-27-13-15-38(16-14-27)20-23-3-4-23)18-31(19-30)47-29-11-7-25(8-12-29)33(36)40(45)22(2)42/h5-12,17-19,23,27,35-36,44-45H,3-4,13-16,20H2,1-2H3,(H,37,43). The highest BCUT2D eigenvalue weighted by molar-refractivity contribution is 6.05. The van der Waals surface area contributed by atoms with Crippen molar-refractivity contribution < 1.29 is 34.3 Å². The van der Waals surface area contributed by atoms with Gasteiger partial charge < -0.3 is 19.7 Å². The van der Waals surface area contributed by atoms with Gasteiger partial charge in [0.05, 0.1) is 0 Å². The Morgan fingerprint density at radius 2 is 1.17 bits per heavy atom. The van der Waals surface area contributed by atoms with Gasteiger partial charge in [-0.25, -0.2) is 0 Å². The van der Waals surface area contributed by atoms with E-state index in [0.29, 0.717) is 39.7 Å². The van der Waals surface area contributed by atoms with Crippen LogP contribution in [0.3, 0.4) is 0 Å². The quantitative estimate of drug-likeness (QED) is 0.0887. The maximum atomic E-state index is 13.5. The molecule has 13 heteroatoms. The van der Waals surface area contributed by atoms with E-state index in [2.05, 4.69) is 10.2 Å². The van der Waals surface area contributed by atoms with Gasteiger partial charge in [0.1, 0.15) is 23.0 Å². The van der Waals surface area contributed by atoms with Gasteiger partial charge in [-0.3, -0.25) is 35.6 Å². The van der Waals surface area contributed by atoms with Gasteiger partial charge in [0, 0.05) is 62.3 Å². The number of hydrogen-bond donors (Lipinski definition) is 5. The molecule has 2 fully saturated rings. The smallest absolute Gasteiger partial charge is 0.251 e. The Morgan fingerprint density at radius 3 is 1.57 bits per heavy atom. The van der Waals surface area contributed by atoms with Crippen molar-refractivity contribution >= 4 is 29.4 Å². The third kappa shape index (κ3) is 8.79. The number of amides is 3. The Labute approximate surface area is 272 Å². The Kier molecular flexibility index (Phi) is 10.3. The van der Waals surface area contributed by atoms with Crippen LogP contribution in [-0.2, 0) is 9.59 Å². The number of nitrogens with one attached hydrogen (secondary N) is 3. The first-order valence-corrected chi connectivity index (χ1v) is 15.4. The third-order valence-electron chi connectivity index (χ3n) is 8.03. The molecule has 3 aromatic rings. The number of amidine groups is 2. The number of carbonyl (C=O) groups excluding carboxylic acids is 3. The molecule has 5 rings (SSSR count). The molecule has 1 heterocycles. The second-order valence-electron chi connectivity index (χ2n) is 11.8. The summed E-state index contributed by atoms with van der Waals surface area (Å²) >= 11 is 0. The average molecular weight is 643 g/mol. The van der Waals surface area contributed by atoms with Gasteiger partial charge in [-0.2, -0.15) is 10.1 Å². The minimum Gasteiger partial charge on any atom is -0.457 e. The molecule has 246 valence electrons. The van der Waals surface area contributed by atoms with E-state index < -0.39 is 11.8 Å². The summed E-state index contributed by atoms with van der Waals surface area (Å²) in [6.07, 6.45) is 4.35. The number of rotatable bonds is 10. The molecule has 0 radical (unpaired) electrons. The van der Waals surface area contributed by atoms with Crippen LogP contribution in [0.5, 0.6) is 23.0 Å². The third-order valence-corrected chi connectivity index (χ3v) is 8.03. The summed E-state index contributed by atoms with van der Waals surface area (Å²) in [5, 5.41) is 39.2. The minimum absolute atomic E-state index is 0.0415. The number of hydroxylamine groups is 4. The molecule has 0 aromatic heterocycles. The molecule has 3 aromatic carbocycles. The largest absolute Gasteiger partial charge is 0.457 e. The highest BCUT2D eigenvalue weighted by atomic mass is 16.5. The second kappa shape index (κ2) is 14.5. The molecule has 13 nitrogen and oxygen atoms in total. The lowest BCUT2D eigenvalue weighted by Gasteiger charge is -2.32. The Hall–Kier alpha value is -5.11. The van der Waals surface area contributed by atoms with Crippen LogP contribution >= 0.6 is 0 Å². The normalized spacial score (nSPS) is 15.0. The van der Waals surface area contributed by atoms with Crippen LogP contribution in [0.2, 0.25) is 0 Å². The lowest BCUT2D eigenvalue weighted by molar-refractivity contribution is -0.147. The number of ether oxygens (including phenoxy) is 2. The fraction of sp³-hybridized carbons (Fsp3) is 0.324. The van der Waals surface area contributed by atoms with Gasteiger partial charge in [-0.1, -0.05) is 0 Å². The molecule has 0 bridgehead atoms. The van der Waals surface area contributed by atoms with Crippen molar-refractivity contribution in [1.29, 1.82) is 10.8 Å². The van der Waals surface area contributed by atoms with Crippen molar-refractivity contribution in [2.45, 2.75) is 45.6 Å². The van der Waals surface area contributed by atoms with E-state index >= 15 is 0 Å². The molecule has 5 N–H and O–H groups in total. The van der Waals surface area contributed by atoms with Crippen molar-refractivity contribution in [2.24, 2.45) is 5.92 Å². The summed E-state index contributed by atoms with van der Waals surface area (Å²) in [4.78, 5) is 38.8.